The Morgan fingerprint density at radius 2 is 1.70 bits per heavy atom. The SMILES string of the molecule is CCN(CC)C(=O)OC[C@@H](C)[C@@H](c1cc(F)ccc1F)S(=O)(=O)c1ccc(Cl)cc1. The molecule has 2 atom stereocenters. The highest BCUT2D eigenvalue weighted by Crippen LogP contribution is 2.37. The molecule has 0 spiro atoms. The number of carbonyl (C=O) groups excluding carboxylic acids is 1. The molecule has 0 unspecified atom stereocenters. The van der Waals surface area contributed by atoms with E-state index >= 15 is 0 Å². The molecule has 0 aliphatic heterocycles. The number of rotatable bonds is 8. The van der Waals surface area contributed by atoms with Crippen LogP contribution in [0.25, 0.3) is 0 Å². The number of halogens is 3. The van der Waals surface area contributed by atoms with Gasteiger partial charge in [0.2, 0.25) is 0 Å². The van der Waals surface area contributed by atoms with Gasteiger partial charge in [0, 0.05) is 29.6 Å². The number of nitrogens with zero attached hydrogens (tertiary/aromatic N) is 1. The number of sulfone groups is 1. The quantitative estimate of drug-likeness (QED) is 0.541. The van der Waals surface area contributed by atoms with Crippen molar-refractivity contribution in [2.45, 2.75) is 30.9 Å². The molecule has 9 heteroatoms. The molecule has 164 valence electrons. The summed E-state index contributed by atoms with van der Waals surface area (Å²) in [5.41, 5.74) is -0.323. The molecule has 30 heavy (non-hydrogen) atoms. The average molecular weight is 460 g/mol. The largest absolute Gasteiger partial charge is 0.449 e. The number of hydrogen-bond donors (Lipinski definition) is 0. The van der Waals surface area contributed by atoms with Crippen LogP contribution in [0.2, 0.25) is 5.02 Å². The molecule has 1 amide bonds. The zero-order chi connectivity index (χ0) is 22.5. The smallest absolute Gasteiger partial charge is 0.409 e. The molecule has 2 aromatic rings. The Balaban J connectivity index is 2.45. The molecule has 0 fully saturated rings. The third-order valence-electron chi connectivity index (χ3n) is 4.75. The first-order valence-corrected chi connectivity index (χ1v) is 11.4. The Hall–Kier alpha value is -2.19. The van der Waals surface area contributed by atoms with Gasteiger partial charge in [0.1, 0.15) is 11.6 Å². The van der Waals surface area contributed by atoms with Gasteiger partial charge < -0.3 is 9.64 Å². The maximum atomic E-state index is 14.6. The summed E-state index contributed by atoms with van der Waals surface area (Å²) in [7, 11) is -4.16. The summed E-state index contributed by atoms with van der Waals surface area (Å²) < 4.78 is 60.4. The predicted molar refractivity (Wildman–Crippen MR) is 111 cm³/mol. The lowest BCUT2D eigenvalue weighted by Gasteiger charge is -2.26. The van der Waals surface area contributed by atoms with Crippen molar-refractivity contribution in [3.8, 4) is 0 Å². The van der Waals surface area contributed by atoms with Crippen molar-refractivity contribution in [1.82, 2.24) is 4.90 Å². The predicted octanol–water partition coefficient (Wildman–Crippen LogP) is 5.25. The molecule has 2 aromatic carbocycles. The van der Waals surface area contributed by atoms with E-state index in [1.165, 1.54) is 36.1 Å². The Morgan fingerprint density at radius 1 is 1.10 bits per heavy atom. The van der Waals surface area contributed by atoms with Crippen LogP contribution >= 0.6 is 11.6 Å². The number of hydrogen-bond acceptors (Lipinski definition) is 4. The summed E-state index contributed by atoms with van der Waals surface area (Å²) in [6, 6.07) is 8.06. The van der Waals surface area contributed by atoms with Crippen LogP contribution in [0.1, 0.15) is 31.6 Å². The van der Waals surface area contributed by atoms with E-state index in [9.17, 15) is 22.0 Å². The molecule has 0 saturated heterocycles. The third kappa shape index (κ3) is 5.49. The average Bonchev–Trinajstić information content (AvgIpc) is 2.70. The van der Waals surface area contributed by atoms with E-state index < -0.39 is 38.7 Å². The van der Waals surface area contributed by atoms with Crippen LogP contribution in [0.3, 0.4) is 0 Å². The molecular formula is C21H24ClF2NO4S. The maximum absolute atomic E-state index is 14.6. The lowest BCUT2D eigenvalue weighted by Crippen LogP contribution is -2.33. The summed E-state index contributed by atoms with van der Waals surface area (Å²) in [5.74, 6) is -2.49. The fourth-order valence-corrected chi connectivity index (χ4v) is 5.29. The van der Waals surface area contributed by atoms with Gasteiger partial charge in [-0.15, -0.1) is 0 Å². The summed E-state index contributed by atoms with van der Waals surface area (Å²) in [4.78, 5) is 13.5. The Bertz CT molecular complexity index is 979. The Labute approximate surface area is 180 Å². The first kappa shape index (κ1) is 24.1. The van der Waals surface area contributed by atoms with Crippen LogP contribution in [0.15, 0.2) is 47.4 Å². The lowest BCUT2D eigenvalue weighted by molar-refractivity contribution is 0.0921. The second-order valence-corrected chi connectivity index (χ2v) is 9.32. The van der Waals surface area contributed by atoms with Crippen molar-refractivity contribution in [2.75, 3.05) is 19.7 Å². The van der Waals surface area contributed by atoms with Gasteiger partial charge >= 0.3 is 6.09 Å². The highest BCUT2D eigenvalue weighted by Gasteiger charge is 2.37. The lowest BCUT2D eigenvalue weighted by atomic mass is 10.0. The van der Waals surface area contributed by atoms with Crippen molar-refractivity contribution in [2.24, 2.45) is 5.92 Å². The van der Waals surface area contributed by atoms with Crippen molar-refractivity contribution in [1.29, 1.82) is 0 Å². The van der Waals surface area contributed by atoms with Crippen LogP contribution in [0.5, 0.6) is 0 Å². The highest BCUT2D eigenvalue weighted by atomic mass is 35.5. The number of carbonyl (C=O) groups is 1. The zero-order valence-corrected chi connectivity index (χ0v) is 18.5. The number of ether oxygens (including phenoxy) is 1. The van der Waals surface area contributed by atoms with Gasteiger partial charge in [0.15, 0.2) is 9.84 Å². The van der Waals surface area contributed by atoms with Gasteiger partial charge in [-0.25, -0.2) is 22.0 Å². The minimum atomic E-state index is -4.16. The molecule has 0 aromatic heterocycles. The van der Waals surface area contributed by atoms with E-state index in [0.717, 1.165) is 18.2 Å². The Kier molecular flexibility index (Phi) is 8.20. The first-order chi connectivity index (χ1) is 14.1. The van der Waals surface area contributed by atoms with Crippen LogP contribution in [0.4, 0.5) is 13.6 Å². The van der Waals surface area contributed by atoms with E-state index in [-0.39, 0.29) is 17.1 Å². The summed E-state index contributed by atoms with van der Waals surface area (Å²) in [6.45, 7) is 5.64. The topological polar surface area (TPSA) is 63.7 Å². The van der Waals surface area contributed by atoms with E-state index in [0.29, 0.717) is 18.1 Å². The van der Waals surface area contributed by atoms with Crippen LogP contribution < -0.4 is 0 Å². The maximum Gasteiger partial charge on any atom is 0.409 e. The minimum Gasteiger partial charge on any atom is -0.449 e. The zero-order valence-electron chi connectivity index (χ0n) is 16.9. The summed E-state index contributed by atoms with van der Waals surface area (Å²) in [6.07, 6.45) is -0.603. The highest BCUT2D eigenvalue weighted by molar-refractivity contribution is 7.91. The van der Waals surface area contributed by atoms with Crippen LogP contribution in [-0.4, -0.2) is 39.1 Å². The second-order valence-electron chi connectivity index (χ2n) is 6.81. The van der Waals surface area contributed by atoms with Crippen LogP contribution in [-0.2, 0) is 14.6 Å². The Morgan fingerprint density at radius 3 is 2.27 bits per heavy atom. The molecule has 0 aliphatic carbocycles. The third-order valence-corrected chi connectivity index (χ3v) is 7.32. The normalized spacial score (nSPS) is 13.5. The fourth-order valence-electron chi connectivity index (χ4n) is 3.15. The second kappa shape index (κ2) is 10.2. The van der Waals surface area contributed by atoms with E-state index in [1.54, 1.807) is 13.8 Å². The molecule has 0 aliphatic rings. The molecule has 0 radical (unpaired) electrons. The van der Waals surface area contributed by atoms with Gasteiger partial charge in [0.25, 0.3) is 0 Å². The van der Waals surface area contributed by atoms with Crippen LogP contribution in [0, 0.1) is 17.6 Å². The van der Waals surface area contributed by atoms with Gasteiger partial charge in [-0.2, -0.15) is 0 Å². The minimum absolute atomic E-state index is 0.0949. The van der Waals surface area contributed by atoms with Crippen molar-refractivity contribution < 1.29 is 26.7 Å². The van der Waals surface area contributed by atoms with Gasteiger partial charge in [-0.1, -0.05) is 18.5 Å². The molecule has 0 heterocycles. The standard InChI is InChI=1S/C21H24ClF2NO4S/c1-4-25(5-2)21(26)29-13-14(3)20(18-12-16(23)8-11-19(18)24)30(27,28)17-9-6-15(22)7-10-17/h6-12,14,20H,4-5,13H2,1-3H3/t14-,20+/m1/s1. The van der Waals surface area contributed by atoms with Gasteiger partial charge in [-0.3, -0.25) is 0 Å². The number of benzene rings is 2. The van der Waals surface area contributed by atoms with Crippen molar-refractivity contribution in [3.63, 3.8) is 0 Å². The molecule has 0 N–H and O–H groups in total. The molecule has 5 nitrogen and oxygen atoms in total. The molecule has 0 saturated carbocycles. The molecular weight excluding hydrogens is 436 g/mol. The van der Waals surface area contributed by atoms with Gasteiger partial charge in [0.05, 0.1) is 16.8 Å². The van der Waals surface area contributed by atoms with E-state index in [2.05, 4.69) is 0 Å². The first-order valence-electron chi connectivity index (χ1n) is 9.47. The fraction of sp³-hybridized carbons (Fsp3) is 0.381. The van der Waals surface area contributed by atoms with Crippen molar-refractivity contribution in [3.05, 3.63) is 64.7 Å². The summed E-state index contributed by atoms with van der Waals surface area (Å²) in [5, 5.41) is -1.14. The van der Waals surface area contributed by atoms with E-state index in [1.807, 2.05) is 0 Å². The van der Waals surface area contributed by atoms with E-state index in [4.69, 9.17) is 16.3 Å². The molecule has 0 bridgehead atoms. The molecule has 2 rings (SSSR count). The van der Waals surface area contributed by atoms with Gasteiger partial charge in [-0.05, 0) is 56.3 Å². The monoisotopic (exact) mass is 459 g/mol. The number of amides is 1. The summed E-state index contributed by atoms with van der Waals surface area (Å²) >= 11 is 5.84. The van der Waals surface area contributed by atoms with Crippen molar-refractivity contribution >= 4 is 27.5 Å².